The van der Waals surface area contributed by atoms with Gasteiger partial charge in [0.2, 0.25) is 0 Å². The van der Waals surface area contributed by atoms with Crippen LogP contribution in [-0.2, 0) is 35.6 Å². The highest BCUT2D eigenvalue weighted by atomic mass is 32.2. The number of rotatable bonds is 19. The quantitative estimate of drug-likeness (QED) is 0.0441. The number of ether oxygens (including phenoxy) is 2. The van der Waals surface area contributed by atoms with E-state index >= 15 is 0 Å². The molecule has 74 heavy (non-hydrogen) atoms. The number of nitrogens with one attached hydrogen (secondary N) is 6. The summed E-state index contributed by atoms with van der Waals surface area (Å²) in [6.45, 7) is 7.43. The average Bonchev–Trinajstić information content (AvgIpc) is 4.21. The fraction of sp³-hybridized carbons (Fsp3) is 0.500. The molecule has 1 atom stereocenters. The van der Waals surface area contributed by atoms with Gasteiger partial charge in [-0.25, -0.2) is 36.4 Å². The number of hydrogen-bond donors (Lipinski definition) is 6. The number of aromatic amines is 2. The van der Waals surface area contributed by atoms with Crippen LogP contribution in [0, 0.1) is 6.92 Å². The predicted octanol–water partition coefficient (Wildman–Crippen LogP) is 11.0. The van der Waals surface area contributed by atoms with Gasteiger partial charge < -0.3 is 30.7 Å². The Morgan fingerprint density at radius 3 is 1.57 bits per heavy atom. The molecule has 4 saturated carbocycles. The first-order valence-corrected chi connectivity index (χ1v) is 30.5. The van der Waals surface area contributed by atoms with Crippen molar-refractivity contribution >= 4 is 77.5 Å². The zero-order chi connectivity index (χ0) is 51.7. The van der Waals surface area contributed by atoms with Gasteiger partial charge in [0.1, 0.15) is 16.1 Å². The monoisotopic (exact) mass is 1080 g/mol. The molecule has 2 aromatic carbocycles. The number of aromatic nitrogens is 6. The van der Waals surface area contributed by atoms with E-state index in [9.17, 15) is 26.4 Å². The molecular weight excluding hydrogens is 1020 g/mol. The molecule has 4 fully saturated rings. The van der Waals surface area contributed by atoms with E-state index in [0.717, 1.165) is 72.5 Å². The van der Waals surface area contributed by atoms with Gasteiger partial charge in [0.25, 0.3) is 0 Å². The van der Waals surface area contributed by atoms with Crippen molar-refractivity contribution in [3.05, 3.63) is 82.1 Å². The Kier molecular flexibility index (Phi) is 15.2. The van der Waals surface area contributed by atoms with Crippen LogP contribution in [0.1, 0.15) is 137 Å². The first kappa shape index (κ1) is 51.6. The van der Waals surface area contributed by atoms with Gasteiger partial charge in [-0.1, -0.05) is 0 Å². The van der Waals surface area contributed by atoms with E-state index in [0.29, 0.717) is 82.7 Å². The number of aryl methyl sites for hydroxylation is 2. The maximum atomic E-state index is 13.9. The standard InChI is InChI=1S/C52H64N10O8S4/c1-29(2)69-51(63)57-34-11-6-32(7-12-34)43-27-54-50(71-43)42-22-16-37(25-46(42)74(67,68)40-19-20-40)56-48-26-38(60-62-48)10-5-31(4)70-52(64)58-35-13-8-33(9-14-35)44-28-53-49(72-44)41-21-15-36(55-47-23-30(3)59-61-47)24-45(41)73(65,66)39-17-18-39/h15-16,21-29,31-35,39-40H,5-14,17-20H2,1-4H3,(H,57,63)(H,58,64)(H2,55,59,61)(H2,56,60,62). The van der Waals surface area contributed by atoms with Crippen molar-refractivity contribution in [2.24, 2.45) is 0 Å². The molecular formula is C52H64N10O8S4. The van der Waals surface area contributed by atoms with E-state index in [4.69, 9.17) is 19.4 Å². The Labute approximate surface area is 439 Å². The number of benzene rings is 2. The highest BCUT2D eigenvalue weighted by Gasteiger charge is 2.40. The zero-order valence-electron chi connectivity index (χ0n) is 42.0. The summed E-state index contributed by atoms with van der Waals surface area (Å²) in [6, 6.07) is 14.5. The Balaban J connectivity index is 0.691. The zero-order valence-corrected chi connectivity index (χ0v) is 45.2. The Morgan fingerprint density at radius 1 is 0.635 bits per heavy atom. The van der Waals surface area contributed by atoms with E-state index in [-0.39, 0.29) is 57.3 Å². The molecule has 10 rings (SSSR count). The van der Waals surface area contributed by atoms with Gasteiger partial charge in [0.05, 0.1) is 26.4 Å². The summed E-state index contributed by atoms with van der Waals surface area (Å²) in [7, 11) is -7.12. The van der Waals surface area contributed by atoms with Crippen molar-refractivity contribution in [2.45, 2.75) is 174 Å². The van der Waals surface area contributed by atoms with Gasteiger partial charge >= 0.3 is 12.2 Å². The first-order chi connectivity index (χ1) is 35.5. The molecule has 22 heteroatoms. The average molecular weight is 1090 g/mol. The lowest BCUT2D eigenvalue weighted by Gasteiger charge is -2.28. The molecule has 0 bridgehead atoms. The topological polar surface area (TPSA) is 252 Å². The largest absolute Gasteiger partial charge is 0.447 e. The smallest absolute Gasteiger partial charge is 0.407 e. The fourth-order valence-electron chi connectivity index (χ4n) is 9.93. The van der Waals surface area contributed by atoms with E-state index in [1.807, 2.05) is 76.5 Å². The maximum absolute atomic E-state index is 13.9. The molecule has 6 aromatic rings. The number of H-pyrrole nitrogens is 2. The van der Waals surface area contributed by atoms with Crippen LogP contribution in [0.25, 0.3) is 21.1 Å². The first-order valence-electron chi connectivity index (χ1n) is 25.8. The van der Waals surface area contributed by atoms with Crippen LogP contribution in [0.4, 0.5) is 32.6 Å². The van der Waals surface area contributed by atoms with Crippen LogP contribution < -0.4 is 21.3 Å². The van der Waals surface area contributed by atoms with Gasteiger partial charge in [-0.05, 0) is 166 Å². The van der Waals surface area contributed by atoms with Gasteiger partial charge in [0, 0.05) is 80.3 Å². The summed E-state index contributed by atoms with van der Waals surface area (Å²) in [5.41, 5.74) is 4.18. The second-order valence-electron chi connectivity index (χ2n) is 20.6. The van der Waals surface area contributed by atoms with Crippen LogP contribution in [0.3, 0.4) is 0 Å². The second kappa shape index (κ2) is 21.8. The number of carbonyl (C=O) groups is 2. The van der Waals surface area contributed by atoms with Crippen LogP contribution in [0.2, 0.25) is 0 Å². The van der Waals surface area contributed by atoms with Crippen LogP contribution >= 0.6 is 22.7 Å². The molecule has 0 aliphatic heterocycles. The Bertz CT molecular complexity index is 3200. The molecule has 4 aromatic heterocycles. The molecule has 4 aliphatic carbocycles. The van der Waals surface area contributed by atoms with E-state index in [1.54, 1.807) is 12.1 Å². The fourth-order valence-corrected chi connectivity index (χ4v) is 16.1. The van der Waals surface area contributed by atoms with Crippen LogP contribution in [0.5, 0.6) is 0 Å². The number of amides is 2. The minimum absolute atomic E-state index is 0.0236. The number of carbonyl (C=O) groups excluding carboxylic acids is 2. The summed E-state index contributed by atoms with van der Waals surface area (Å²) in [4.78, 5) is 37.4. The van der Waals surface area contributed by atoms with Gasteiger partial charge in [-0.2, -0.15) is 10.2 Å². The molecule has 1 unspecified atom stereocenters. The Morgan fingerprint density at radius 2 is 1.11 bits per heavy atom. The highest BCUT2D eigenvalue weighted by molar-refractivity contribution is 7.92. The number of sulfone groups is 2. The van der Waals surface area contributed by atoms with Crippen molar-refractivity contribution in [1.82, 2.24) is 41.0 Å². The number of thiazole rings is 2. The highest BCUT2D eigenvalue weighted by Crippen LogP contribution is 2.45. The number of hydrogen-bond acceptors (Lipinski definition) is 16. The third kappa shape index (κ3) is 12.3. The molecule has 4 aliphatic rings. The van der Waals surface area contributed by atoms with Gasteiger partial charge in [-0.15, -0.1) is 22.7 Å². The minimum atomic E-state index is -3.59. The third-order valence-electron chi connectivity index (χ3n) is 14.3. The molecule has 18 nitrogen and oxygen atoms in total. The molecule has 0 saturated heterocycles. The van der Waals surface area contributed by atoms with Crippen LogP contribution in [0.15, 0.2) is 70.7 Å². The molecule has 0 radical (unpaired) electrons. The summed E-state index contributed by atoms with van der Waals surface area (Å²) >= 11 is 3.07. The predicted molar refractivity (Wildman–Crippen MR) is 286 cm³/mol. The molecule has 6 N–H and O–H groups in total. The summed E-state index contributed by atoms with van der Waals surface area (Å²) < 4.78 is 66.1. The summed E-state index contributed by atoms with van der Waals surface area (Å²) in [5, 5.41) is 27.8. The Hall–Kier alpha value is -5.84. The number of nitrogens with zero attached hydrogens (tertiary/aromatic N) is 4. The van der Waals surface area contributed by atoms with E-state index in [2.05, 4.69) is 41.7 Å². The van der Waals surface area contributed by atoms with Crippen LogP contribution in [-0.4, -0.2) is 94.2 Å². The van der Waals surface area contributed by atoms with Gasteiger partial charge in [-0.3, -0.25) is 10.2 Å². The van der Waals surface area contributed by atoms with Crippen molar-refractivity contribution in [2.75, 3.05) is 10.6 Å². The van der Waals surface area contributed by atoms with Crippen molar-refractivity contribution in [3.8, 4) is 21.1 Å². The number of alkyl carbamates (subject to hydrolysis) is 2. The summed E-state index contributed by atoms with van der Waals surface area (Å²) in [5.74, 6) is 1.68. The van der Waals surface area contributed by atoms with Crippen molar-refractivity contribution in [1.29, 1.82) is 0 Å². The summed E-state index contributed by atoms with van der Waals surface area (Å²) in [6.07, 6.45) is 12.8. The van der Waals surface area contributed by atoms with E-state index in [1.165, 1.54) is 22.7 Å². The second-order valence-corrected chi connectivity index (χ2v) is 27.1. The van der Waals surface area contributed by atoms with Crippen molar-refractivity contribution < 1.29 is 35.9 Å². The number of anilines is 4. The minimum Gasteiger partial charge on any atom is -0.447 e. The lowest BCUT2D eigenvalue weighted by Crippen LogP contribution is -2.38. The third-order valence-corrected chi connectivity index (χ3v) is 21.3. The normalized spacial score (nSPS) is 20.7. The maximum Gasteiger partial charge on any atom is 0.407 e. The van der Waals surface area contributed by atoms with Gasteiger partial charge in [0.15, 0.2) is 31.3 Å². The molecule has 4 heterocycles. The molecule has 394 valence electrons. The van der Waals surface area contributed by atoms with E-state index < -0.39 is 31.0 Å². The lowest BCUT2D eigenvalue weighted by atomic mass is 9.85. The lowest BCUT2D eigenvalue weighted by molar-refractivity contribution is 0.0968. The SMILES string of the molecule is Cc1cc(Nc2ccc(-c3ncc(C4CCC(NC(=O)OC(C)CCc5cc(Nc6ccc(-c7ncc(C8CCC(NC(=O)OC(C)C)CC8)s7)c(S(=O)(=O)C7CC7)c6)n[nH]5)CC4)s3)c(S(=O)(=O)C3CC3)c2)n[nH]1. The molecule has 0 spiro atoms. The molecule has 2 amide bonds. The van der Waals surface area contributed by atoms with Crippen molar-refractivity contribution in [3.63, 3.8) is 0 Å².